The lowest BCUT2D eigenvalue weighted by atomic mass is 10.2. The van der Waals surface area contributed by atoms with Crippen molar-refractivity contribution in [1.29, 1.82) is 5.26 Å². The van der Waals surface area contributed by atoms with Gasteiger partial charge in [-0.25, -0.2) is 0 Å². The van der Waals surface area contributed by atoms with Crippen LogP contribution in [0.3, 0.4) is 0 Å². The molecule has 88 valence electrons. The largest absolute Gasteiger partial charge is 0.382 e. The van der Waals surface area contributed by atoms with Gasteiger partial charge in [-0.05, 0) is 37.6 Å². The third-order valence-electron chi connectivity index (χ3n) is 2.79. The molecule has 0 spiro atoms. The number of fused-ring (bicyclic) bond motifs is 1. The summed E-state index contributed by atoms with van der Waals surface area (Å²) in [5, 5.41) is 9.96. The molecular formula is C14H16N2O. The summed E-state index contributed by atoms with van der Waals surface area (Å²) < 4.78 is 7.53. The molecule has 0 saturated heterocycles. The molecule has 0 radical (unpaired) electrons. The molecule has 17 heavy (non-hydrogen) atoms. The highest BCUT2D eigenvalue weighted by Crippen LogP contribution is 2.17. The number of benzene rings is 1. The number of ether oxygens (including phenoxy) is 1. The van der Waals surface area contributed by atoms with Crippen molar-refractivity contribution in [3.8, 4) is 6.07 Å². The summed E-state index contributed by atoms with van der Waals surface area (Å²) in [6, 6.07) is 10.0. The van der Waals surface area contributed by atoms with Crippen LogP contribution in [-0.4, -0.2) is 17.8 Å². The molecule has 0 fully saturated rings. The summed E-state index contributed by atoms with van der Waals surface area (Å²) >= 11 is 0. The van der Waals surface area contributed by atoms with E-state index in [4.69, 9.17) is 10.00 Å². The van der Waals surface area contributed by atoms with Gasteiger partial charge in [0.1, 0.15) is 0 Å². The molecule has 0 amide bonds. The van der Waals surface area contributed by atoms with Gasteiger partial charge in [0.25, 0.3) is 0 Å². The number of rotatable bonds is 5. The Bertz CT molecular complexity index is 537. The summed E-state index contributed by atoms with van der Waals surface area (Å²) in [5.41, 5.74) is 1.89. The Balaban J connectivity index is 2.11. The van der Waals surface area contributed by atoms with Gasteiger partial charge in [-0.1, -0.05) is 0 Å². The lowest BCUT2D eigenvalue weighted by molar-refractivity contribution is 0.142. The van der Waals surface area contributed by atoms with Crippen molar-refractivity contribution in [1.82, 2.24) is 4.57 Å². The van der Waals surface area contributed by atoms with Gasteiger partial charge in [0.15, 0.2) is 0 Å². The van der Waals surface area contributed by atoms with Crippen LogP contribution in [0.25, 0.3) is 10.9 Å². The zero-order valence-electron chi connectivity index (χ0n) is 10.0. The van der Waals surface area contributed by atoms with E-state index in [9.17, 15) is 0 Å². The highest BCUT2D eigenvalue weighted by molar-refractivity contribution is 5.81. The van der Waals surface area contributed by atoms with Crippen molar-refractivity contribution in [2.24, 2.45) is 0 Å². The SMILES string of the molecule is CCOCCCn1ccc2cc(C#N)ccc21. The number of aryl methyl sites for hydroxylation is 1. The van der Waals surface area contributed by atoms with Gasteiger partial charge in [-0.15, -0.1) is 0 Å². The van der Waals surface area contributed by atoms with E-state index in [0.29, 0.717) is 5.56 Å². The van der Waals surface area contributed by atoms with Crippen molar-refractivity contribution in [3.63, 3.8) is 0 Å². The first kappa shape index (κ1) is 11.7. The summed E-state index contributed by atoms with van der Waals surface area (Å²) in [7, 11) is 0. The molecule has 0 saturated carbocycles. The van der Waals surface area contributed by atoms with Gasteiger partial charge in [0.05, 0.1) is 11.6 Å². The van der Waals surface area contributed by atoms with Crippen molar-refractivity contribution < 1.29 is 4.74 Å². The number of hydrogen-bond acceptors (Lipinski definition) is 2. The lowest BCUT2D eigenvalue weighted by Gasteiger charge is -2.05. The summed E-state index contributed by atoms with van der Waals surface area (Å²) in [4.78, 5) is 0. The minimum absolute atomic E-state index is 0.713. The molecule has 0 unspecified atom stereocenters. The van der Waals surface area contributed by atoms with Gasteiger partial charge in [0, 0.05) is 36.9 Å². The molecule has 3 nitrogen and oxygen atoms in total. The van der Waals surface area contributed by atoms with Gasteiger partial charge >= 0.3 is 0 Å². The monoisotopic (exact) mass is 228 g/mol. The Hall–Kier alpha value is -1.79. The summed E-state index contributed by atoms with van der Waals surface area (Å²) in [6.07, 6.45) is 3.08. The molecule has 2 aromatic rings. The average Bonchev–Trinajstić information content (AvgIpc) is 2.77. The van der Waals surface area contributed by atoms with Gasteiger partial charge in [-0.3, -0.25) is 0 Å². The van der Waals surface area contributed by atoms with E-state index < -0.39 is 0 Å². The van der Waals surface area contributed by atoms with Crippen molar-refractivity contribution >= 4 is 10.9 Å². The first-order valence-electron chi connectivity index (χ1n) is 5.92. The van der Waals surface area contributed by atoms with Crippen LogP contribution >= 0.6 is 0 Å². The molecule has 0 N–H and O–H groups in total. The van der Waals surface area contributed by atoms with Crippen LogP contribution < -0.4 is 0 Å². The molecule has 0 aliphatic heterocycles. The molecule has 3 heteroatoms. The highest BCUT2D eigenvalue weighted by Gasteiger charge is 2.01. The lowest BCUT2D eigenvalue weighted by Crippen LogP contribution is -2.01. The van der Waals surface area contributed by atoms with E-state index >= 15 is 0 Å². The van der Waals surface area contributed by atoms with Crippen LogP contribution in [0.5, 0.6) is 0 Å². The molecule has 0 aliphatic rings. The normalized spacial score (nSPS) is 10.6. The second-order valence-electron chi connectivity index (χ2n) is 3.95. The number of aromatic nitrogens is 1. The number of hydrogen-bond donors (Lipinski definition) is 0. The Morgan fingerprint density at radius 2 is 2.24 bits per heavy atom. The standard InChI is InChI=1S/C14H16N2O/c1-2-17-9-3-7-16-8-6-13-10-12(11-15)4-5-14(13)16/h4-6,8,10H,2-3,7,9H2,1H3. The maximum Gasteiger partial charge on any atom is 0.0991 e. The van der Waals surface area contributed by atoms with Crippen LogP contribution in [0.2, 0.25) is 0 Å². The number of nitriles is 1. The molecule has 0 bridgehead atoms. The fourth-order valence-electron chi connectivity index (χ4n) is 1.95. The highest BCUT2D eigenvalue weighted by atomic mass is 16.5. The molecule has 1 aromatic carbocycles. The number of nitrogens with zero attached hydrogens (tertiary/aromatic N) is 2. The van der Waals surface area contributed by atoms with Crippen LogP contribution in [0.15, 0.2) is 30.5 Å². The maximum atomic E-state index is 8.83. The van der Waals surface area contributed by atoms with Crippen LogP contribution in [0, 0.1) is 11.3 Å². The van der Waals surface area contributed by atoms with Crippen LogP contribution in [0.1, 0.15) is 18.9 Å². The van der Waals surface area contributed by atoms with Gasteiger partial charge < -0.3 is 9.30 Å². The predicted molar refractivity (Wildman–Crippen MR) is 67.8 cm³/mol. The van der Waals surface area contributed by atoms with Gasteiger partial charge in [0.2, 0.25) is 0 Å². The fraction of sp³-hybridized carbons (Fsp3) is 0.357. The maximum absolute atomic E-state index is 8.83. The van der Waals surface area contributed by atoms with Crippen LogP contribution in [-0.2, 0) is 11.3 Å². The van der Waals surface area contributed by atoms with Crippen LogP contribution in [0.4, 0.5) is 0 Å². The smallest absolute Gasteiger partial charge is 0.0991 e. The first-order valence-corrected chi connectivity index (χ1v) is 5.92. The average molecular weight is 228 g/mol. The van der Waals surface area contributed by atoms with E-state index in [2.05, 4.69) is 22.9 Å². The first-order chi connectivity index (χ1) is 8.35. The Labute approximate surface area is 101 Å². The van der Waals surface area contributed by atoms with Crippen molar-refractivity contribution in [2.75, 3.05) is 13.2 Å². The van der Waals surface area contributed by atoms with E-state index in [1.54, 1.807) is 0 Å². The Kier molecular flexibility index (Phi) is 3.79. The zero-order valence-corrected chi connectivity index (χ0v) is 10.0. The second kappa shape index (κ2) is 5.51. The minimum atomic E-state index is 0.713. The molecule has 0 atom stereocenters. The third kappa shape index (κ3) is 2.66. The molecule has 0 aliphatic carbocycles. The minimum Gasteiger partial charge on any atom is -0.382 e. The molecule has 1 heterocycles. The zero-order chi connectivity index (χ0) is 12.1. The fourth-order valence-corrected chi connectivity index (χ4v) is 1.95. The van der Waals surface area contributed by atoms with Crippen molar-refractivity contribution in [2.45, 2.75) is 19.9 Å². The van der Waals surface area contributed by atoms with E-state index in [1.165, 1.54) is 5.52 Å². The second-order valence-corrected chi connectivity index (χ2v) is 3.95. The van der Waals surface area contributed by atoms with Gasteiger partial charge in [-0.2, -0.15) is 5.26 Å². The molecule has 1 aromatic heterocycles. The van der Waals surface area contributed by atoms with E-state index in [1.807, 2.05) is 25.1 Å². The van der Waals surface area contributed by atoms with Crippen molar-refractivity contribution in [3.05, 3.63) is 36.0 Å². The topological polar surface area (TPSA) is 38.0 Å². The van der Waals surface area contributed by atoms with E-state index in [-0.39, 0.29) is 0 Å². The quantitative estimate of drug-likeness (QED) is 0.738. The van der Waals surface area contributed by atoms with E-state index in [0.717, 1.165) is 31.6 Å². The molecule has 2 rings (SSSR count). The third-order valence-corrected chi connectivity index (χ3v) is 2.79. The summed E-state index contributed by atoms with van der Waals surface area (Å²) in [5.74, 6) is 0. The summed E-state index contributed by atoms with van der Waals surface area (Å²) in [6.45, 7) is 4.54. The molecular weight excluding hydrogens is 212 g/mol. The Morgan fingerprint density at radius 3 is 3.00 bits per heavy atom. The predicted octanol–water partition coefficient (Wildman–Crippen LogP) is 2.94. The Morgan fingerprint density at radius 1 is 1.35 bits per heavy atom.